The van der Waals surface area contributed by atoms with E-state index < -0.39 is 12.0 Å². The number of carbonyl (C=O) groups is 2. The molecule has 0 bridgehead atoms. The van der Waals surface area contributed by atoms with Crippen LogP contribution in [0.5, 0.6) is 0 Å². The number of nitrogens with two attached hydrogens (primary N) is 2. The number of hydrogen-bond acceptors (Lipinski definition) is 13. The van der Waals surface area contributed by atoms with Gasteiger partial charge in [-0.2, -0.15) is 10.1 Å². The van der Waals surface area contributed by atoms with Crippen molar-refractivity contribution in [2.24, 2.45) is 21.7 Å². The van der Waals surface area contributed by atoms with Gasteiger partial charge in [0.25, 0.3) is 0 Å². The molecule has 8 N–H and O–H groups in total. The Morgan fingerprint density at radius 3 is 2.54 bits per heavy atom. The third kappa shape index (κ3) is 13.4. The SMILES string of the molecule is CC(C)OC(=O)C(N)CCC(=O)N1CCC(Nc2nc(NCC(C=NCCCNCCCNC3CCCCC3)=NN)nc3ccccc23)CC1. The molecule has 2 aromatic rings. The highest BCUT2D eigenvalue weighted by Gasteiger charge is 2.25. The summed E-state index contributed by atoms with van der Waals surface area (Å²) >= 11 is 0. The van der Waals surface area contributed by atoms with Gasteiger partial charge in [-0.25, -0.2) is 4.98 Å². The molecule has 2 aliphatic rings. The van der Waals surface area contributed by atoms with Gasteiger partial charge in [0, 0.05) is 49.7 Å². The molecule has 14 nitrogen and oxygen atoms in total. The van der Waals surface area contributed by atoms with Crippen LogP contribution < -0.4 is 32.8 Å². The van der Waals surface area contributed by atoms with Crippen LogP contribution >= 0.6 is 0 Å². The molecule has 0 spiro atoms. The summed E-state index contributed by atoms with van der Waals surface area (Å²) in [6, 6.07) is 7.92. The number of aliphatic imine (C=N–C) groups is 1. The second-order valence-corrected chi connectivity index (χ2v) is 13.6. The third-order valence-corrected chi connectivity index (χ3v) is 9.16. The van der Waals surface area contributed by atoms with E-state index >= 15 is 0 Å². The van der Waals surface area contributed by atoms with Crippen LogP contribution in [0.3, 0.4) is 0 Å². The van der Waals surface area contributed by atoms with Crippen LogP contribution in [0.2, 0.25) is 0 Å². The van der Waals surface area contributed by atoms with Gasteiger partial charge in [0.05, 0.1) is 23.9 Å². The largest absolute Gasteiger partial charge is 0.462 e. The second kappa shape index (κ2) is 21.4. The number of anilines is 2. The first-order chi connectivity index (χ1) is 24.3. The minimum absolute atomic E-state index is 0.000744. The minimum atomic E-state index is -0.797. The predicted octanol–water partition coefficient (Wildman–Crippen LogP) is 3.18. The summed E-state index contributed by atoms with van der Waals surface area (Å²) in [6.07, 6.45) is 12.3. The summed E-state index contributed by atoms with van der Waals surface area (Å²) < 4.78 is 5.15. The van der Waals surface area contributed by atoms with Crippen molar-refractivity contribution in [3.8, 4) is 0 Å². The number of ether oxygens (including phenoxy) is 1. The number of nitrogens with one attached hydrogen (secondary N) is 4. The normalized spacial score (nSPS) is 17.0. The molecule has 0 radical (unpaired) electrons. The van der Waals surface area contributed by atoms with Gasteiger partial charge >= 0.3 is 5.97 Å². The van der Waals surface area contributed by atoms with Gasteiger partial charge in [0.2, 0.25) is 11.9 Å². The van der Waals surface area contributed by atoms with E-state index in [1.54, 1.807) is 20.1 Å². The molecule has 1 aliphatic heterocycles. The van der Waals surface area contributed by atoms with Crippen LogP contribution in [0.15, 0.2) is 34.4 Å². The fourth-order valence-corrected chi connectivity index (χ4v) is 6.32. The quantitative estimate of drug-likeness (QED) is 0.0392. The number of benzene rings is 1. The number of hydrogen-bond donors (Lipinski definition) is 6. The van der Waals surface area contributed by atoms with Crippen LogP contribution in [0, 0.1) is 0 Å². The van der Waals surface area contributed by atoms with Crippen molar-refractivity contribution >= 4 is 46.5 Å². The fourth-order valence-electron chi connectivity index (χ4n) is 6.32. The van der Waals surface area contributed by atoms with Crippen molar-refractivity contribution in [3.05, 3.63) is 24.3 Å². The van der Waals surface area contributed by atoms with Crippen LogP contribution in [0.25, 0.3) is 10.9 Å². The van der Waals surface area contributed by atoms with Gasteiger partial charge in [0.1, 0.15) is 11.9 Å². The van der Waals surface area contributed by atoms with Crippen molar-refractivity contribution in [2.75, 3.05) is 56.4 Å². The van der Waals surface area contributed by atoms with Crippen molar-refractivity contribution < 1.29 is 14.3 Å². The highest BCUT2D eigenvalue weighted by Crippen LogP contribution is 2.25. The Bertz CT molecular complexity index is 1390. The lowest BCUT2D eigenvalue weighted by molar-refractivity contribution is -0.149. The first-order valence-electron chi connectivity index (χ1n) is 18.5. The number of rotatable bonds is 20. The molecule has 1 atom stereocenters. The Morgan fingerprint density at radius 2 is 1.78 bits per heavy atom. The molecular formula is C36H59N11O3. The first kappa shape index (κ1) is 38.9. The number of piperidine rings is 1. The number of carbonyl (C=O) groups excluding carboxylic acids is 2. The zero-order chi connectivity index (χ0) is 35.6. The van der Waals surface area contributed by atoms with E-state index in [4.69, 9.17) is 26.3 Å². The first-order valence-corrected chi connectivity index (χ1v) is 18.5. The van der Waals surface area contributed by atoms with E-state index in [-0.39, 0.29) is 30.9 Å². The average molecular weight is 694 g/mol. The summed E-state index contributed by atoms with van der Waals surface area (Å²) in [6.45, 7) is 8.82. The number of likely N-dealkylation sites (tertiary alicyclic amines) is 1. The van der Waals surface area contributed by atoms with E-state index in [2.05, 4.69) is 31.4 Å². The maximum atomic E-state index is 12.8. The van der Waals surface area contributed by atoms with Crippen molar-refractivity contribution in [1.82, 2.24) is 25.5 Å². The van der Waals surface area contributed by atoms with Crippen LogP contribution in [-0.2, 0) is 14.3 Å². The van der Waals surface area contributed by atoms with Gasteiger partial charge < -0.3 is 42.5 Å². The zero-order valence-corrected chi connectivity index (χ0v) is 30.0. The Kier molecular flexibility index (Phi) is 16.6. The number of nitrogens with zero attached hydrogens (tertiary/aromatic N) is 5. The van der Waals surface area contributed by atoms with Gasteiger partial charge in [0.15, 0.2) is 0 Å². The molecular weight excluding hydrogens is 634 g/mol. The molecule has 276 valence electrons. The molecule has 1 saturated heterocycles. The Labute approximate surface area is 297 Å². The Balaban J connectivity index is 1.17. The standard InChI is InChI=1S/C36H59N11O3/c1-26(2)50-35(49)31(37)14-15-33(48)47-22-16-28(17-23-47)43-34-30-12-6-7-13-32(30)44-36(45-34)42-25-29(46-38)24-40-20-8-18-39-19-9-21-41-27-10-4-3-5-11-27/h6-7,12-13,24,26-28,31,39,41H,3-5,8-11,14-23,25,37-38H2,1-2H3,(H2,42,43,44,45). The van der Waals surface area contributed by atoms with Gasteiger partial charge in [-0.05, 0) is 90.6 Å². The summed E-state index contributed by atoms with van der Waals surface area (Å²) in [5.41, 5.74) is 7.34. The number of aromatic nitrogens is 2. The molecule has 1 aromatic carbocycles. The summed E-state index contributed by atoms with van der Waals surface area (Å²) in [5, 5.41) is 18.9. The van der Waals surface area contributed by atoms with E-state index in [1.165, 1.54) is 32.1 Å². The molecule has 14 heteroatoms. The molecule has 50 heavy (non-hydrogen) atoms. The number of esters is 1. The number of fused-ring (bicyclic) bond motifs is 1. The van der Waals surface area contributed by atoms with Crippen LogP contribution in [0.1, 0.15) is 84.5 Å². The van der Waals surface area contributed by atoms with Gasteiger partial charge in [-0.1, -0.05) is 31.4 Å². The molecule has 1 aliphatic carbocycles. The number of para-hydroxylation sites is 1. The lowest BCUT2D eigenvalue weighted by Gasteiger charge is -2.33. The predicted molar refractivity (Wildman–Crippen MR) is 202 cm³/mol. The van der Waals surface area contributed by atoms with Crippen molar-refractivity contribution in [1.29, 1.82) is 0 Å². The van der Waals surface area contributed by atoms with Crippen LogP contribution in [-0.4, -0.2) is 109 Å². The van der Waals surface area contributed by atoms with E-state index in [1.807, 2.05) is 29.2 Å². The monoisotopic (exact) mass is 693 g/mol. The van der Waals surface area contributed by atoms with E-state index in [9.17, 15) is 9.59 Å². The molecule has 2 fully saturated rings. The smallest absolute Gasteiger partial charge is 0.323 e. The molecule has 1 unspecified atom stereocenters. The zero-order valence-electron chi connectivity index (χ0n) is 30.0. The van der Waals surface area contributed by atoms with Gasteiger partial charge in [-0.3, -0.25) is 14.6 Å². The van der Waals surface area contributed by atoms with Gasteiger partial charge in [-0.15, -0.1) is 0 Å². The Hall–Kier alpha value is -3.88. The molecule has 1 saturated carbocycles. The molecule has 1 amide bonds. The topological polar surface area (TPSA) is 197 Å². The highest BCUT2D eigenvalue weighted by molar-refractivity contribution is 6.32. The lowest BCUT2D eigenvalue weighted by Crippen LogP contribution is -2.43. The minimum Gasteiger partial charge on any atom is -0.462 e. The molecule has 4 rings (SSSR count). The third-order valence-electron chi connectivity index (χ3n) is 9.16. The number of hydrazone groups is 1. The number of amides is 1. The maximum Gasteiger partial charge on any atom is 0.323 e. The molecule has 2 heterocycles. The molecule has 1 aromatic heterocycles. The fraction of sp³-hybridized carbons (Fsp3) is 0.667. The summed E-state index contributed by atoms with van der Waals surface area (Å²) in [5.74, 6) is 6.39. The summed E-state index contributed by atoms with van der Waals surface area (Å²) in [7, 11) is 0. The Morgan fingerprint density at radius 1 is 1.02 bits per heavy atom. The second-order valence-electron chi connectivity index (χ2n) is 13.6. The lowest BCUT2D eigenvalue weighted by atomic mass is 9.95. The van der Waals surface area contributed by atoms with Crippen molar-refractivity contribution in [3.63, 3.8) is 0 Å². The highest BCUT2D eigenvalue weighted by atomic mass is 16.5. The van der Waals surface area contributed by atoms with Crippen molar-refractivity contribution in [2.45, 2.75) is 109 Å². The summed E-state index contributed by atoms with van der Waals surface area (Å²) in [4.78, 5) is 40.7. The maximum absolute atomic E-state index is 12.8. The van der Waals surface area contributed by atoms with Crippen LogP contribution in [0.4, 0.5) is 11.8 Å². The average Bonchev–Trinajstić information content (AvgIpc) is 3.13. The van der Waals surface area contributed by atoms with E-state index in [0.29, 0.717) is 37.8 Å². The van der Waals surface area contributed by atoms with E-state index in [0.717, 1.165) is 68.1 Å².